The van der Waals surface area contributed by atoms with Crippen molar-refractivity contribution in [2.24, 2.45) is 0 Å². The van der Waals surface area contributed by atoms with Gasteiger partial charge in [-0.25, -0.2) is 13.1 Å². The lowest BCUT2D eigenvalue weighted by Crippen LogP contribution is -2.26. The fourth-order valence-electron chi connectivity index (χ4n) is 1.88. The van der Waals surface area contributed by atoms with E-state index in [0.29, 0.717) is 6.54 Å². The quantitative estimate of drug-likeness (QED) is 0.919. The van der Waals surface area contributed by atoms with Crippen LogP contribution >= 0.6 is 0 Å². The lowest BCUT2D eigenvalue weighted by atomic mass is 10.1. The van der Waals surface area contributed by atoms with Crippen molar-refractivity contribution in [3.8, 4) is 0 Å². The molecule has 20 heavy (non-hydrogen) atoms. The normalized spacial score (nSPS) is 13.3. The van der Waals surface area contributed by atoms with Gasteiger partial charge in [-0.05, 0) is 26.3 Å². The summed E-state index contributed by atoms with van der Waals surface area (Å²) in [5.41, 5.74) is 2.08. The molecule has 0 aliphatic heterocycles. The maximum absolute atomic E-state index is 12.2. The van der Waals surface area contributed by atoms with Crippen LogP contribution in [-0.4, -0.2) is 18.2 Å². The highest BCUT2D eigenvalue weighted by Crippen LogP contribution is 2.17. The van der Waals surface area contributed by atoms with Crippen molar-refractivity contribution in [1.29, 1.82) is 0 Å². The summed E-state index contributed by atoms with van der Waals surface area (Å²) in [5.74, 6) is 0. The second-order valence-corrected chi connectivity index (χ2v) is 6.50. The van der Waals surface area contributed by atoms with Gasteiger partial charge in [-0.1, -0.05) is 29.8 Å². The predicted molar refractivity (Wildman–Crippen MR) is 77.8 cm³/mol. The van der Waals surface area contributed by atoms with Gasteiger partial charge >= 0.3 is 0 Å². The Morgan fingerprint density at radius 2 is 1.95 bits per heavy atom. The molecule has 1 aromatic heterocycles. The maximum atomic E-state index is 12.2. The highest BCUT2D eigenvalue weighted by Gasteiger charge is 2.19. The number of sulfonamides is 1. The Hall–Kier alpha value is -1.66. The predicted octanol–water partition coefficient (Wildman–Crippen LogP) is 2.25. The number of hydrogen-bond acceptors (Lipinski definition) is 3. The molecule has 0 saturated carbocycles. The Bertz CT molecular complexity index is 675. The number of rotatable bonds is 5. The Morgan fingerprint density at radius 3 is 2.50 bits per heavy atom. The van der Waals surface area contributed by atoms with Gasteiger partial charge in [0.05, 0.1) is 6.20 Å². The molecule has 0 fully saturated rings. The molecule has 0 amide bonds. The lowest BCUT2D eigenvalue weighted by molar-refractivity contribution is 0.566. The molecule has 1 atom stereocenters. The van der Waals surface area contributed by atoms with Crippen molar-refractivity contribution in [3.63, 3.8) is 0 Å². The zero-order chi connectivity index (χ0) is 14.8. The van der Waals surface area contributed by atoms with Gasteiger partial charge in [-0.3, -0.25) is 4.68 Å². The van der Waals surface area contributed by atoms with E-state index in [-0.39, 0.29) is 10.9 Å². The van der Waals surface area contributed by atoms with Gasteiger partial charge in [0.2, 0.25) is 10.0 Å². The van der Waals surface area contributed by atoms with Crippen molar-refractivity contribution in [1.82, 2.24) is 14.5 Å². The second-order valence-electron chi connectivity index (χ2n) is 4.79. The fourth-order valence-corrected chi connectivity index (χ4v) is 3.06. The van der Waals surface area contributed by atoms with Crippen LogP contribution in [-0.2, 0) is 16.6 Å². The molecule has 1 unspecified atom stereocenters. The summed E-state index contributed by atoms with van der Waals surface area (Å²) < 4.78 is 28.7. The molecule has 6 heteroatoms. The summed E-state index contributed by atoms with van der Waals surface area (Å²) in [5, 5.41) is 3.99. The van der Waals surface area contributed by atoms with Gasteiger partial charge in [-0.15, -0.1) is 0 Å². The number of hydrogen-bond donors (Lipinski definition) is 1. The van der Waals surface area contributed by atoms with Crippen LogP contribution in [0.4, 0.5) is 0 Å². The van der Waals surface area contributed by atoms with Crippen molar-refractivity contribution < 1.29 is 8.42 Å². The van der Waals surface area contributed by atoms with E-state index >= 15 is 0 Å². The zero-order valence-electron chi connectivity index (χ0n) is 11.9. The number of nitrogens with one attached hydrogen (secondary N) is 1. The summed E-state index contributed by atoms with van der Waals surface area (Å²) in [6.07, 6.45) is 2.90. The maximum Gasteiger partial charge on any atom is 0.244 e. The third-order valence-electron chi connectivity index (χ3n) is 3.15. The highest BCUT2D eigenvalue weighted by atomic mass is 32.2. The number of benzene rings is 1. The van der Waals surface area contributed by atoms with Gasteiger partial charge < -0.3 is 0 Å². The summed E-state index contributed by atoms with van der Waals surface area (Å²) in [4.78, 5) is 0.193. The molecule has 2 aromatic rings. The van der Waals surface area contributed by atoms with E-state index in [4.69, 9.17) is 0 Å². The molecule has 0 bridgehead atoms. The van der Waals surface area contributed by atoms with Crippen molar-refractivity contribution >= 4 is 10.0 Å². The number of aryl methyl sites for hydroxylation is 2. The van der Waals surface area contributed by atoms with Crippen LogP contribution in [0, 0.1) is 6.92 Å². The minimum atomic E-state index is -3.54. The number of aromatic nitrogens is 2. The summed E-state index contributed by atoms with van der Waals surface area (Å²) in [7, 11) is -3.54. The molecule has 0 aliphatic carbocycles. The van der Waals surface area contributed by atoms with E-state index in [9.17, 15) is 8.42 Å². The van der Waals surface area contributed by atoms with Crippen LogP contribution in [0.2, 0.25) is 0 Å². The van der Waals surface area contributed by atoms with Gasteiger partial charge in [-0.2, -0.15) is 5.10 Å². The van der Waals surface area contributed by atoms with E-state index in [0.717, 1.165) is 11.1 Å². The van der Waals surface area contributed by atoms with Crippen LogP contribution in [0.15, 0.2) is 41.6 Å². The fraction of sp³-hybridized carbons (Fsp3) is 0.357. The minimum absolute atomic E-state index is 0.193. The molecule has 0 saturated heterocycles. The van der Waals surface area contributed by atoms with E-state index in [1.54, 1.807) is 4.68 Å². The molecule has 0 spiro atoms. The van der Waals surface area contributed by atoms with Crippen LogP contribution in [0.25, 0.3) is 0 Å². The smallest absolute Gasteiger partial charge is 0.244 e. The molecule has 1 heterocycles. The van der Waals surface area contributed by atoms with E-state index in [1.807, 2.05) is 45.0 Å². The van der Waals surface area contributed by atoms with E-state index < -0.39 is 10.0 Å². The molecule has 0 aliphatic rings. The van der Waals surface area contributed by atoms with Gasteiger partial charge in [0, 0.05) is 18.8 Å². The second kappa shape index (κ2) is 5.76. The lowest BCUT2D eigenvalue weighted by Gasteiger charge is -2.14. The average molecular weight is 293 g/mol. The molecule has 108 valence electrons. The van der Waals surface area contributed by atoms with Crippen LogP contribution in [0.5, 0.6) is 0 Å². The third kappa shape index (κ3) is 3.26. The molecular formula is C14H19N3O2S. The van der Waals surface area contributed by atoms with Crippen LogP contribution < -0.4 is 4.72 Å². The minimum Gasteiger partial charge on any atom is -0.272 e. The molecule has 2 rings (SSSR count). The average Bonchev–Trinajstić information content (AvgIpc) is 2.88. The molecular weight excluding hydrogens is 274 g/mol. The Labute approximate surface area is 119 Å². The van der Waals surface area contributed by atoms with Crippen LogP contribution in [0.1, 0.15) is 31.0 Å². The summed E-state index contributed by atoms with van der Waals surface area (Å²) >= 11 is 0. The summed E-state index contributed by atoms with van der Waals surface area (Å²) in [6.45, 7) is 6.37. The Balaban J connectivity index is 2.17. The highest BCUT2D eigenvalue weighted by molar-refractivity contribution is 7.89. The first-order chi connectivity index (χ1) is 9.42. The van der Waals surface area contributed by atoms with Gasteiger partial charge in [0.25, 0.3) is 0 Å². The van der Waals surface area contributed by atoms with Gasteiger partial charge in [0.15, 0.2) is 0 Å². The Morgan fingerprint density at radius 1 is 1.30 bits per heavy atom. The molecule has 5 nitrogen and oxygen atoms in total. The largest absolute Gasteiger partial charge is 0.272 e. The van der Waals surface area contributed by atoms with Crippen molar-refractivity contribution in [2.75, 3.05) is 0 Å². The first-order valence-corrected chi connectivity index (χ1v) is 8.02. The Kier molecular flexibility index (Phi) is 4.25. The van der Waals surface area contributed by atoms with Crippen molar-refractivity contribution in [2.45, 2.75) is 38.3 Å². The van der Waals surface area contributed by atoms with Crippen LogP contribution in [0.3, 0.4) is 0 Å². The topological polar surface area (TPSA) is 64.0 Å². The zero-order valence-corrected chi connectivity index (χ0v) is 12.7. The van der Waals surface area contributed by atoms with Gasteiger partial charge in [0.1, 0.15) is 4.90 Å². The third-order valence-corrected chi connectivity index (χ3v) is 4.65. The molecule has 1 N–H and O–H groups in total. The van der Waals surface area contributed by atoms with E-state index in [2.05, 4.69) is 9.82 Å². The molecule has 1 aromatic carbocycles. The standard InChI is InChI=1S/C14H19N3O2S/c1-4-17-10-14(9-15-17)20(18,19)16-12(3)13-7-5-11(2)6-8-13/h5-10,12,16H,4H2,1-3H3. The first kappa shape index (κ1) is 14.7. The monoisotopic (exact) mass is 293 g/mol. The summed E-state index contributed by atoms with van der Waals surface area (Å²) in [6, 6.07) is 7.51. The molecule has 0 radical (unpaired) electrons. The number of nitrogens with zero attached hydrogens (tertiary/aromatic N) is 2. The SMILES string of the molecule is CCn1cc(S(=O)(=O)NC(C)c2ccc(C)cc2)cn1. The first-order valence-electron chi connectivity index (χ1n) is 6.53. The van der Waals surface area contributed by atoms with E-state index in [1.165, 1.54) is 12.4 Å². The van der Waals surface area contributed by atoms with Crippen molar-refractivity contribution in [3.05, 3.63) is 47.8 Å².